The van der Waals surface area contributed by atoms with E-state index >= 15 is 0 Å². The Labute approximate surface area is 143 Å². The zero-order valence-corrected chi connectivity index (χ0v) is 14.8. The number of likely N-dealkylation sites (tertiary alicyclic amines) is 1. The molecule has 2 heterocycles. The first-order valence-corrected chi connectivity index (χ1v) is 8.54. The van der Waals surface area contributed by atoms with Crippen molar-refractivity contribution in [1.29, 1.82) is 0 Å². The summed E-state index contributed by atoms with van der Waals surface area (Å²) in [6.45, 7) is 6.90. The predicted molar refractivity (Wildman–Crippen MR) is 87.6 cm³/mol. The monoisotopic (exact) mass is 343 g/mol. The van der Waals surface area contributed by atoms with Gasteiger partial charge in [0.15, 0.2) is 5.60 Å². The quantitative estimate of drug-likeness (QED) is 0.735. The van der Waals surface area contributed by atoms with Gasteiger partial charge in [0, 0.05) is 39.8 Å². The minimum atomic E-state index is -0.894. The van der Waals surface area contributed by atoms with Crippen molar-refractivity contribution in [3.05, 3.63) is 0 Å². The first-order valence-electron chi connectivity index (χ1n) is 8.54. The lowest BCUT2D eigenvalue weighted by Crippen LogP contribution is -2.61. The number of hydrogen-bond acceptors (Lipinski definition) is 6. The number of carbonyl (C=O) groups is 2. The molecule has 0 aromatic heterocycles. The summed E-state index contributed by atoms with van der Waals surface area (Å²) in [5.41, 5.74) is -1.75. The maximum absolute atomic E-state index is 12.0. The number of nitrogens with zero attached hydrogens (tertiary/aromatic N) is 2. The number of carbonyl (C=O) groups excluding carboxylic acids is 2. The van der Waals surface area contributed by atoms with Crippen LogP contribution in [0.1, 0.15) is 26.7 Å². The van der Waals surface area contributed by atoms with Crippen molar-refractivity contribution < 1.29 is 24.2 Å². The molecule has 0 radical (unpaired) electrons. The van der Waals surface area contributed by atoms with Gasteiger partial charge in [0.25, 0.3) is 5.91 Å². The van der Waals surface area contributed by atoms with E-state index in [1.165, 1.54) is 0 Å². The lowest BCUT2D eigenvalue weighted by molar-refractivity contribution is -0.160. The summed E-state index contributed by atoms with van der Waals surface area (Å²) in [5.74, 6) is -0.156. The van der Waals surface area contributed by atoms with E-state index < -0.39 is 11.2 Å². The van der Waals surface area contributed by atoms with Gasteiger partial charge in [-0.15, -0.1) is 0 Å². The molecule has 0 aliphatic carbocycles. The summed E-state index contributed by atoms with van der Waals surface area (Å²) in [5, 5.41) is 13.5. The number of morpholine rings is 1. The number of aliphatic hydroxyl groups is 1. The van der Waals surface area contributed by atoms with Crippen LogP contribution in [0.4, 0.5) is 4.79 Å². The zero-order chi connectivity index (χ0) is 17.8. The molecule has 2 aliphatic rings. The summed E-state index contributed by atoms with van der Waals surface area (Å²) >= 11 is 0. The van der Waals surface area contributed by atoms with E-state index in [9.17, 15) is 14.7 Å². The van der Waals surface area contributed by atoms with Gasteiger partial charge in [-0.3, -0.25) is 9.69 Å². The molecule has 8 heteroatoms. The van der Waals surface area contributed by atoms with Crippen LogP contribution in [0.2, 0.25) is 0 Å². The van der Waals surface area contributed by atoms with Gasteiger partial charge in [-0.2, -0.15) is 0 Å². The Kier molecular flexibility index (Phi) is 6.06. The molecule has 1 atom stereocenters. The molecule has 2 rings (SSSR count). The molecule has 8 nitrogen and oxygen atoms in total. The largest absolute Gasteiger partial charge is 0.450 e. The molecule has 2 amide bonds. The van der Waals surface area contributed by atoms with Crippen LogP contribution in [-0.4, -0.2) is 91.1 Å². The van der Waals surface area contributed by atoms with E-state index in [2.05, 4.69) is 10.2 Å². The Morgan fingerprint density at radius 3 is 2.54 bits per heavy atom. The Morgan fingerprint density at radius 2 is 1.96 bits per heavy atom. The van der Waals surface area contributed by atoms with Crippen LogP contribution >= 0.6 is 0 Å². The highest BCUT2D eigenvalue weighted by Gasteiger charge is 2.42. The maximum atomic E-state index is 12.0. The highest BCUT2D eigenvalue weighted by Crippen LogP contribution is 2.26. The lowest BCUT2D eigenvalue weighted by atomic mass is 9.90. The molecule has 2 aliphatic heterocycles. The predicted octanol–water partition coefficient (Wildman–Crippen LogP) is -0.193. The first kappa shape index (κ1) is 19.0. The van der Waals surface area contributed by atoms with Crippen LogP contribution in [0.5, 0.6) is 0 Å². The van der Waals surface area contributed by atoms with Gasteiger partial charge in [-0.05, 0) is 26.7 Å². The maximum Gasteiger partial charge on any atom is 0.409 e. The highest BCUT2D eigenvalue weighted by molar-refractivity contribution is 5.84. The molecule has 2 saturated heterocycles. The second kappa shape index (κ2) is 7.67. The van der Waals surface area contributed by atoms with Gasteiger partial charge in [-0.25, -0.2) is 4.79 Å². The molecule has 2 fully saturated rings. The smallest absolute Gasteiger partial charge is 0.409 e. The highest BCUT2D eigenvalue weighted by atomic mass is 16.6. The summed E-state index contributed by atoms with van der Waals surface area (Å²) in [4.78, 5) is 27.4. The average molecular weight is 343 g/mol. The lowest BCUT2D eigenvalue weighted by Gasteiger charge is -2.44. The number of likely N-dealkylation sites (N-methyl/N-ethyl adjacent to an activating group) is 1. The Hall–Kier alpha value is -1.38. The van der Waals surface area contributed by atoms with Crippen molar-refractivity contribution in [3.8, 4) is 0 Å². The van der Waals surface area contributed by atoms with E-state index in [4.69, 9.17) is 9.47 Å². The van der Waals surface area contributed by atoms with Gasteiger partial charge in [0.1, 0.15) is 0 Å². The molecule has 24 heavy (non-hydrogen) atoms. The number of ether oxygens (including phenoxy) is 2. The second-order valence-corrected chi connectivity index (χ2v) is 6.78. The number of amides is 2. The number of nitrogens with one attached hydrogen (secondary N) is 1. The van der Waals surface area contributed by atoms with Gasteiger partial charge in [-0.1, -0.05) is 0 Å². The zero-order valence-electron chi connectivity index (χ0n) is 14.8. The van der Waals surface area contributed by atoms with Gasteiger partial charge >= 0.3 is 6.09 Å². The Balaban J connectivity index is 1.89. The van der Waals surface area contributed by atoms with Crippen LogP contribution in [-0.2, 0) is 14.3 Å². The number of rotatable bonds is 4. The van der Waals surface area contributed by atoms with Crippen LogP contribution in [0, 0.1) is 0 Å². The van der Waals surface area contributed by atoms with Gasteiger partial charge < -0.3 is 24.8 Å². The summed E-state index contributed by atoms with van der Waals surface area (Å²) in [6, 6.07) is 0. The Bertz CT molecular complexity index is 465. The number of piperidine rings is 1. The fourth-order valence-electron chi connectivity index (χ4n) is 3.38. The SMILES string of the molecule is CCOC(=O)N1CCC(O)(CN2CCOC(C)(C(=O)NC)C2)CC1. The van der Waals surface area contributed by atoms with Crippen LogP contribution in [0.25, 0.3) is 0 Å². The molecule has 0 aromatic carbocycles. The van der Waals surface area contributed by atoms with Crippen molar-refractivity contribution >= 4 is 12.0 Å². The second-order valence-electron chi connectivity index (χ2n) is 6.78. The summed E-state index contributed by atoms with van der Waals surface area (Å²) in [6.07, 6.45) is 0.679. The number of β-amino-alcohol motifs (C(OH)–C–C–N with tert-alkyl or cyclic N) is 1. The molecule has 0 aromatic rings. The third-order valence-electron chi connectivity index (χ3n) is 4.80. The third-order valence-corrected chi connectivity index (χ3v) is 4.80. The minimum Gasteiger partial charge on any atom is -0.450 e. The van der Waals surface area contributed by atoms with E-state index in [0.29, 0.717) is 58.8 Å². The normalized spacial score (nSPS) is 27.6. The molecular formula is C16H29N3O5. The van der Waals surface area contributed by atoms with Gasteiger partial charge in [0.05, 0.1) is 18.8 Å². The number of hydrogen-bond donors (Lipinski definition) is 2. The molecular weight excluding hydrogens is 314 g/mol. The summed E-state index contributed by atoms with van der Waals surface area (Å²) < 4.78 is 10.6. The first-order chi connectivity index (χ1) is 11.3. The van der Waals surface area contributed by atoms with E-state index in [-0.39, 0.29) is 12.0 Å². The van der Waals surface area contributed by atoms with Crippen molar-refractivity contribution in [2.45, 2.75) is 37.9 Å². The van der Waals surface area contributed by atoms with Crippen molar-refractivity contribution in [1.82, 2.24) is 15.1 Å². The standard InChI is InChI=1S/C16H29N3O5/c1-4-23-14(21)19-7-5-16(22,6-8-19)12-18-9-10-24-15(2,11-18)13(20)17-3/h22H,4-12H2,1-3H3,(H,17,20). The van der Waals surface area contributed by atoms with Crippen LogP contribution in [0.15, 0.2) is 0 Å². The molecule has 138 valence electrons. The summed E-state index contributed by atoms with van der Waals surface area (Å²) in [7, 11) is 1.59. The van der Waals surface area contributed by atoms with Crippen molar-refractivity contribution in [2.24, 2.45) is 0 Å². The van der Waals surface area contributed by atoms with E-state index in [0.717, 1.165) is 0 Å². The average Bonchev–Trinajstić information content (AvgIpc) is 2.54. The third kappa shape index (κ3) is 4.37. The fraction of sp³-hybridized carbons (Fsp3) is 0.875. The van der Waals surface area contributed by atoms with E-state index in [1.54, 1.807) is 25.8 Å². The fourth-order valence-corrected chi connectivity index (χ4v) is 3.38. The van der Waals surface area contributed by atoms with E-state index in [1.807, 2.05) is 0 Å². The van der Waals surface area contributed by atoms with Crippen molar-refractivity contribution in [3.63, 3.8) is 0 Å². The van der Waals surface area contributed by atoms with Crippen molar-refractivity contribution in [2.75, 3.05) is 53.0 Å². The molecule has 0 spiro atoms. The minimum absolute atomic E-state index is 0.156. The topological polar surface area (TPSA) is 91.3 Å². The Morgan fingerprint density at radius 1 is 1.29 bits per heavy atom. The molecule has 0 saturated carbocycles. The van der Waals surface area contributed by atoms with Gasteiger partial charge in [0.2, 0.25) is 0 Å². The van der Waals surface area contributed by atoms with Crippen LogP contribution < -0.4 is 5.32 Å². The van der Waals surface area contributed by atoms with Crippen LogP contribution in [0.3, 0.4) is 0 Å². The molecule has 2 N–H and O–H groups in total. The molecule has 1 unspecified atom stereocenters. The molecule has 0 bridgehead atoms.